The lowest BCUT2D eigenvalue weighted by atomic mass is 10.2. The Labute approximate surface area is 146 Å². The molecular weight excluding hydrogens is 346 g/mol. The van der Waals surface area contributed by atoms with Gasteiger partial charge >= 0.3 is 0 Å². The van der Waals surface area contributed by atoms with E-state index in [-0.39, 0.29) is 36.8 Å². The van der Waals surface area contributed by atoms with Crippen LogP contribution in [0.4, 0.5) is 14.5 Å². The van der Waals surface area contributed by atoms with Gasteiger partial charge in [0.25, 0.3) is 0 Å². The monoisotopic (exact) mass is 366 g/mol. The van der Waals surface area contributed by atoms with E-state index in [9.17, 15) is 17.2 Å². The molecule has 4 nitrogen and oxygen atoms in total. The standard InChI is InChI=1S/C18H20F2N2O2S/c1-2-14-6-8-15(9-7-14)25(23,24)22-12-10-21(11-13-22)18-16(19)4-3-5-17(18)20/h3-9H,2,10-13H2,1H3. The van der Waals surface area contributed by atoms with Crippen LogP contribution in [0, 0.1) is 11.6 Å². The number of rotatable bonds is 4. The third-order valence-electron chi connectivity index (χ3n) is 4.46. The fraction of sp³-hybridized carbons (Fsp3) is 0.333. The van der Waals surface area contributed by atoms with E-state index in [1.807, 2.05) is 6.92 Å². The summed E-state index contributed by atoms with van der Waals surface area (Å²) < 4.78 is 54.6. The van der Waals surface area contributed by atoms with Crippen LogP contribution in [0.5, 0.6) is 0 Å². The minimum absolute atomic E-state index is 0.0909. The average Bonchev–Trinajstić information content (AvgIpc) is 2.62. The molecule has 0 unspecified atom stereocenters. The van der Waals surface area contributed by atoms with Crippen molar-refractivity contribution in [3.8, 4) is 0 Å². The molecule has 0 N–H and O–H groups in total. The van der Waals surface area contributed by atoms with Crippen LogP contribution >= 0.6 is 0 Å². The van der Waals surface area contributed by atoms with Crippen LogP contribution in [0.25, 0.3) is 0 Å². The summed E-state index contributed by atoms with van der Waals surface area (Å²) in [5.74, 6) is -1.27. The van der Waals surface area contributed by atoms with E-state index in [1.165, 1.54) is 22.5 Å². The molecule has 1 aliphatic heterocycles. The Bertz CT molecular complexity index is 826. The highest BCUT2D eigenvalue weighted by Crippen LogP contribution is 2.26. The fourth-order valence-electron chi connectivity index (χ4n) is 2.99. The van der Waals surface area contributed by atoms with Gasteiger partial charge in [0, 0.05) is 26.2 Å². The van der Waals surface area contributed by atoms with E-state index >= 15 is 0 Å². The smallest absolute Gasteiger partial charge is 0.243 e. The van der Waals surface area contributed by atoms with Crippen LogP contribution in [0.1, 0.15) is 12.5 Å². The molecule has 2 aromatic rings. The third kappa shape index (κ3) is 3.52. The Morgan fingerprint density at radius 2 is 1.48 bits per heavy atom. The number of hydrogen-bond donors (Lipinski definition) is 0. The largest absolute Gasteiger partial charge is 0.364 e. The number of sulfonamides is 1. The summed E-state index contributed by atoms with van der Waals surface area (Å²) >= 11 is 0. The zero-order valence-corrected chi connectivity index (χ0v) is 14.8. The maximum absolute atomic E-state index is 13.9. The van der Waals surface area contributed by atoms with Crippen molar-refractivity contribution in [3.05, 3.63) is 59.7 Å². The SMILES string of the molecule is CCc1ccc(S(=O)(=O)N2CCN(c3c(F)cccc3F)CC2)cc1. The Morgan fingerprint density at radius 3 is 2.00 bits per heavy atom. The molecule has 0 atom stereocenters. The van der Waals surface area contributed by atoms with Gasteiger partial charge in [0.1, 0.15) is 17.3 Å². The summed E-state index contributed by atoms with van der Waals surface area (Å²) in [6, 6.07) is 10.5. The second-order valence-corrected chi connectivity index (χ2v) is 7.90. The Kier molecular flexibility index (Phi) is 5.06. The second kappa shape index (κ2) is 7.09. The molecule has 0 saturated carbocycles. The quantitative estimate of drug-likeness (QED) is 0.835. The van der Waals surface area contributed by atoms with Gasteiger partial charge in [-0.15, -0.1) is 0 Å². The molecule has 7 heteroatoms. The molecule has 1 heterocycles. The molecule has 1 saturated heterocycles. The van der Waals surface area contributed by atoms with Gasteiger partial charge in [-0.3, -0.25) is 0 Å². The number of hydrogen-bond acceptors (Lipinski definition) is 3. The van der Waals surface area contributed by atoms with E-state index in [2.05, 4.69) is 0 Å². The first kappa shape index (κ1) is 17.8. The highest BCUT2D eigenvalue weighted by atomic mass is 32.2. The minimum atomic E-state index is -3.59. The van der Waals surface area contributed by atoms with Crippen LogP contribution in [-0.4, -0.2) is 38.9 Å². The average molecular weight is 366 g/mol. The van der Waals surface area contributed by atoms with Crippen molar-refractivity contribution in [2.75, 3.05) is 31.1 Å². The Morgan fingerprint density at radius 1 is 0.920 bits per heavy atom. The van der Waals surface area contributed by atoms with Crippen molar-refractivity contribution >= 4 is 15.7 Å². The van der Waals surface area contributed by atoms with Gasteiger partial charge in [-0.05, 0) is 36.2 Å². The maximum atomic E-state index is 13.9. The molecule has 0 aliphatic carbocycles. The molecule has 134 valence electrons. The normalized spacial score (nSPS) is 16.2. The summed E-state index contributed by atoms with van der Waals surface area (Å²) in [4.78, 5) is 1.80. The number of benzene rings is 2. The fourth-order valence-corrected chi connectivity index (χ4v) is 4.41. The number of nitrogens with zero attached hydrogens (tertiary/aromatic N) is 2. The molecule has 0 bridgehead atoms. The minimum Gasteiger partial charge on any atom is -0.364 e. The van der Waals surface area contributed by atoms with Crippen molar-refractivity contribution in [1.29, 1.82) is 0 Å². The van der Waals surface area contributed by atoms with Crippen LogP contribution in [-0.2, 0) is 16.4 Å². The van der Waals surface area contributed by atoms with Gasteiger partial charge in [0.2, 0.25) is 10.0 Å². The zero-order valence-electron chi connectivity index (χ0n) is 14.0. The van der Waals surface area contributed by atoms with E-state index in [1.54, 1.807) is 29.2 Å². The summed E-state index contributed by atoms with van der Waals surface area (Å²) in [7, 11) is -3.59. The lowest BCUT2D eigenvalue weighted by Gasteiger charge is -2.35. The number of para-hydroxylation sites is 1. The van der Waals surface area contributed by atoms with Gasteiger partial charge in [-0.2, -0.15) is 4.31 Å². The second-order valence-electron chi connectivity index (χ2n) is 5.96. The summed E-state index contributed by atoms with van der Waals surface area (Å²) in [5, 5.41) is 0. The molecule has 2 aromatic carbocycles. The molecule has 3 rings (SSSR count). The van der Waals surface area contributed by atoms with Crippen LogP contribution < -0.4 is 4.90 Å². The maximum Gasteiger partial charge on any atom is 0.243 e. The predicted molar refractivity (Wildman–Crippen MR) is 93.1 cm³/mol. The summed E-state index contributed by atoms with van der Waals surface area (Å²) in [6.45, 7) is 2.86. The third-order valence-corrected chi connectivity index (χ3v) is 6.37. The molecule has 25 heavy (non-hydrogen) atoms. The Balaban J connectivity index is 1.75. The first-order valence-corrected chi connectivity index (χ1v) is 9.65. The number of halogens is 2. The molecule has 0 spiro atoms. The summed E-state index contributed by atoms with van der Waals surface area (Å²) in [5.41, 5.74) is 0.977. The van der Waals surface area contributed by atoms with Gasteiger partial charge in [0.15, 0.2) is 0 Å². The molecule has 0 amide bonds. The van der Waals surface area contributed by atoms with Crippen LogP contribution in [0.15, 0.2) is 47.4 Å². The van der Waals surface area contributed by atoms with Crippen molar-refractivity contribution in [1.82, 2.24) is 4.31 Å². The van der Waals surface area contributed by atoms with E-state index in [4.69, 9.17) is 0 Å². The van der Waals surface area contributed by atoms with Crippen LogP contribution in [0.2, 0.25) is 0 Å². The predicted octanol–water partition coefficient (Wildman–Crippen LogP) is 3.04. The lowest BCUT2D eigenvalue weighted by molar-refractivity contribution is 0.381. The van der Waals surface area contributed by atoms with Gasteiger partial charge in [-0.1, -0.05) is 25.1 Å². The van der Waals surface area contributed by atoms with Gasteiger partial charge in [0.05, 0.1) is 4.90 Å². The molecule has 0 aromatic heterocycles. The van der Waals surface area contributed by atoms with Gasteiger partial charge in [-0.25, -0.2) is 17.2 Å². The van der Waals surface area contributed by atoms with Crippen LogP contribution in [0.3, 0.4) is 0 Å². The Hall–Kier alpha value is -1.99. The van der Waals surface area contributed by atoms with Crippen molar-refractivity contribution in [2.45, 2.75) is 18.2 Å². The summed E-state index contributed by atoms with van der Waals surface area (Å²) in [6.07, 6.45) is 0.840. The van der Waals surface area contributed by atoms with Crippen molar-refractivity contribution < 1.29 is 17.2 Å². The first-order chi connectivity index (χ1) is 11.9. The molecular formula is C18H20F2N2O2S. The van der Waals surface area contributed by atoms with Gasteiger partial charge < -0.3 is 4.90 Å². The number of anilines is 1. The zero-order chi connectivity index (χ0) is 18.0. The number of piperazine rings is 1. The van der Waals surface area contributed by atoms with Crippen molar-refractivity contribution in [2.24, 2.45) is 0 Å². The molecule has 0 radical (unpaired) electrons. The van der Waals surface area contributed by atoms with E-state index in [0.717, 1.165) is 12.0 Å². The topological polar surface area (TPSA) is 40.6 Å². The van der Waals surface area contributed by atoms with E-state index < -0.39 is 21.7 Å². The highest BCUT2D eigenvalue weighted by Gasteiger charge is 2.30. The lowest BCUT2D eigenvalue weighted by Crippen LogP contribution is -2.49. The first-order valence-electron chi connectivity index (χ1n) is 8.21. The molecule has 1 aliphatic rings. The van der Waals surface area contributed by atoms with Crippen molar-refractivity contribution in [3.63, 3.8) is 0 Å². The highest BCUT2D eigenvalue weighted by molar-refractivity contribution is 7.89. The molecule has 1 fully saturated rings. The van der Waals surface area contributed by atoms with E-state index in [0.29, 0.717) is 0 Å². The number of aryl methyl sites for hydroxylation is 1.